The van der Waals surface area contributed by atoms with Gasteiger partial charge in [0.15, 0.2) is 0 Å². The maximum absolute atomic E-state index is 5.79. The molecule has 1 aliphatic carbocycles. The van der Waals surface area contributed by atoms with E-state index in [2.05, 4.69) is 12.3 Å². The smallest absolute Gasteiger partial charge is 0.0617 e. The van der Waals surface area contributed by atoms with Gasteiger partial charge >= 0.3 is 0 Å². The second-order valence-electron chi connectivity index (χ2n) is 5.36. The number of hydrogen-bond acceptors (Lipinski definition) is 3. The van der Waals surface area contributed by atoms with Gasteiger partial charge in [0.2, 0.25) is 0 Å². The first-order valence-electron chi connectivity index (χ1n) is 6.94. The summed E-state index contributed by atoms with van der Waals surface area (Å²) in [6.07, 6.45) is 9.61. The van der Waals surface area contributed by atoms with Gasteiger partial charge in [0.1, 0.15) is 0 Å². The van der Waals surface area contributed by atoms with E-state index in [1.165, 1.54) is 38.5 Å². The highest BCUT2D eigenvalue weighted by Crippen LogP contribution is 2.35. The minimum Gasteiger partial charge on any atom is -0.378 e. The molecule has 0 radical (unpaired) electrons. The summed E-state index contributed by atoms with van der Waals surface area (Å²) in [6, 6.07) is 0.479. The molecular formula is C13H26N2O. The first kappa shape index (κ1) is 12.3. The van der Waals surface area contributed by atoms with E-state index < -0.39 is 0 Å². The molecule has 2 rings (SSSR count). The molecular weight excluding hydrogens is 200 g/mol. The number of ether oxygens (including phenoxy) is 1. The number of hydrazine groups is 1. The van der Waals surface area contributed by atoms with Gasteiger partial charge in [0.05, 0.1) is 6.10 Å². The van der Waals surface area contributed by atoms with Crippen molar-refractivity contribution in [1.82, 2.24) is 5.43 Å². The zero-order valence-electron chi connectivity index (χ0n) is 10.5. The SMILES string of the molecule is CCC1OCCC1C(NN)C1CCCCC1. The highest BCUT2D eigenvalue weighted by Gasteiger charge is 2.37. The first-order valence-corrected chi connectivity index (χ1v) is 6.94. The van der Waals surface area contributed by atoms with Crippen LogP contribution in [0.15, 0.2) is 0 Å². The van der Waals surface area contributed by atoms with Crippen molar-refractivity contribution in [2.75, 3.05) is 6.61 Å². The highest BCUT2D eigenvalue weighted by atomic mass is 16.5. The molecule has 94 valence electrons. The third-order valence-corrected chi connectivity index (χ3v) is 4.47. The van der Waals surface area contributed by atoms with Crippen LogP contribution in [0.1, 0.15) is 51.9 Å². The molecule has 3 unspecified atom stereocenters. The van der Waals surface area contributed by atoms with Gasteiger partial charge in [-0.15, -0.1) is 0 Å². The minimum absolute atomic E-state index is 0.433. The van der Waals surface area contributed by atoms with Crippen molar-refractivity contribution in [3.8, 4) is 0 Å². The number of rotatable bonds is 4. The number of hydrogen-bond donors (Lipinski definition) is 2. The first-order chi connectivity index (χ1) is 7.86. The van der Waals surface area contributed by atoms with Crippen LogP contribution in [0.3, 0.4) is 0 Å². The van der Waals surface area contributed by atoms with Crippen molar-refractivity contribution in [2.45, 2.75) is 64.0 Å². The largest absolute Gasteiger partial charge is 0.378 e. The molecule has 3 nitrogen and oxygen atoms in total. The quantitative estimate of drug-likeness (QED) is 0.571. The zero-order chi connectivity index (χ0) is 11.4. The summed E-state index contributed by atoms with van der Waals surface area (Å²) < 4.78 is 5.79. The van der Waals surface area contributed by atoms with E-state index in [4.69, 9.17) is 10.6 Å². The summed E-state index contributed by atoms with van der Waals surface area (Å²) in [7, 11) is 0. The van der Waals surface area contributed by atoms with E-state index in [0.717, 1.165) is 18.9 Å². The molecule has 3 heteroatoms. The normalized spacial score (nSPS) is 34.1. The van der Waals surface area contributed by atoms with Crippen LogP contribution in [-0.2, 0) is 4.74 Å². The van der Waals surface area contributed by atoms with Gasteiger partial charge in [-0.25, -0.2) is 0 Å². The molecule has 0 aromatic carbocycles. The van der Waals surface area contributed by atoms with Gasteiger partial charge in [0, 0.05) is 18.6 Å². The third-order valence-electron chi connectivity index (χ3n) is 4.47. The van der Waals surface area contributed by atoms with E-state index in [-0.39, 0.29) is 0 Å². The van der Waals surface area contributed by atoms with Crippen LogP contribution in [-0.4, -0.2) is 18.8 Å². The van der Waals surface area contributed by atoms with Gasteiger partial charge in [-0.05, 0) is 31.6 Å². The molecule has 3 N–H and O–H groups in total. The van der Waals surface area contributed by atoms with E-state index in [0.29, 0.717) is 18.1 Å². The summed E-state index contributed by atoms with van der Waals surface area (Å²) in [6.45, 7) is 3.14. The average Bonchev–Trinajstić information content (AvgIpc) is 2.80. The number of nitrogens with two attached hydrogens (primary N) is 1. The van der Waals surface area contributed by atoms with Crippen LogP contribution in [0.5, 0.6) is 0 Å². The fourth-order valence-corrected chi connectivity index (χ4v) is 3.60. The van der Waals surface area contributed by atoms with Crippen molar-refractivity contribution in [1.29, 1.82) is 0 Å². The van der Waals surface area contributed by atoms with Gasteiger partial charge in [0.25, 0.3) is 0 Å². The second kappa shape index (κ2) is 5.99. The van der Waals surface area contributed by atoms with E-state index in [1.807, 2.05) is 0 Å². The summed E-state index contributed by atoms with van der Waals surface area (Å²) in [5, 5.41) is 0. The van der Waals surface area contributed by atoms with Crippen LogP contribution in [0, 0.1) is 11.8 Å². The van der Waals surface area contributed by atoms with Crippen LogP contribution < -0.4 is 11.3 Å². The Kier molecular flexibility index (Phi) is 4.62. The van der Waals surface area contributed by atoms with Crippen molar-refractivity contribution in [3.05, 3.63) is 0 Å². The van der Waals surface area contributed by atoms with Crippen LogP contribution in [0.25, 0.3) is 0 Å². The Morgan fingerprint density at radius 3 is 2.62 bits per heavy atom. The summed E-state index contributed by atoms with van der Waals surface area (Å²) in [4.78, 5) is 0. The third kappa shape index (κ3) is 2.58. The average molecular weight is 226 g/mol. The Hall–Kier alpha value is -0.120. The Morgan fingerprint density at radius 1 is 1.25 bits per heavy atom. The standard InChI is InChI=1S/C13H26N2O/c1-2-12-11(8-9-16-12)13(15-14)10-6-4-3-5-7-10/h10-13,15H,2-9,14H2,1H3. The summed E-state index contributed by atoms with van der Waals surface area (Å²) in [5.41, 5.74) is 3.10. The molecule has 1 aliphatic heterocycles. The van der Waals surface area contributed by atoms with Crippen molar-refractivity contribution in [2.24, 2.45) is 17.7 Å². The lowest BCUT2D eigenvalue weighted by Gasteiger charge is -2.35. The maximum Gasteiger partial charge on any atom is 0.0617 e. The molecule has 3 atom stereocenters. The van der Waals surface area contributed by atoms with Gasteiger partial charge in [-0.2, -0.15) is 0 Å². The molecule has 2 fully saturated rings. The Balaban J connectivity index is 1.97. The lowest BCUT2D eigenvalue weighted by Crippen LogP contribution is -2.49. The molecule has 2 aliphatic rings. The lowest BCUT2D eigenvalue weighted by atomic mass is 9.76. The Bertz CT molecular complexity index is 204. The highest BCUT2D eigenvalue weighted by molar-refractivity contribution is 4.90. The topological polar surface area (TPSA) is 47.3 Å². The van der Waals surface area contributed by atoms with Crippen molar-refractivity contribution >= 4 is 0 Å². The van der Waals surface area contributed by atoms with E-state index >= 15 is 0 Å². The van der Waals surface area contributed by atoms with Crippen molar-refractivity contribution < 1.29 is 4.74 Å². The lowest BCUT2D eigenvalue weighted by molar-refractivity contribution is 0.0649. The Morgan fingerprint density at radius 2 is 2.00 bits per heavy atom. The zero-order valence-corrected chi connectivity index (χ0v) is 10.5. The molecule has 16 heavy (non-hydrogen) atoms. The molecule has 0 aromatic rings. The fourth-order valence-electron chi connectivity index (χ4n) is 3.60. The van der Waals surface area contributed by atoms with Gasteiger partial charge < -0.3 is 4.74 Å². The molecule has 0 amide bonds. The van der Waals surface area contributed by atoms with E-state index in [9.17, 15) is 0 Å². The minimum atomic E-state index is 0.433. The van der Waals surface area contributed by atoms with Crippen molar-refractivity contribution in [3.63, 3.8) is 0 Å². The predicted molar refractivity (Wildman–Crippen MR) is 65.8 cm³/mol. The molecule has 1 saturated heterocycles. The van der Waals surface area contributed by atoms with Gasteiger partial charge in [-0.1, -0.05) is 26.2 Å². The molecule has 0 bridgehead atoms. The van der Waals surface area contributed by atoms with Crippen LogP contribution >= 0.6 is 0 Å². The molecule has 0 aromatic heterocycles. The number of nitrogens with one attached hydrogen (secondary N) is 1. The molecule has 0 spiro atoms. The monoisotopic (exact) mass is 226 g/mol. The van der Waals surface area contributed by atoms with Crippen LogP contribution in [0.4, 0.5) is 0 Å². The Labute approximate surface area is 99.1 Å². The molecule has 1 heterocycles. The second-order valence-corrected chi connectivity index (χ2v) is 5.36. The summed E-state index contributed by atoms with van der Waals surface area (Å²) >= 11 is 0. The van der Waals surface area contributed by atoms with Gasteiger partial charge in [-0.3, -0.25) is 11.3 Å². The fraction of sp³-hybridized carbons (Fsp3) is 1.00. The predicted octanol–water partition coefficient (Wildman–Crippen LogP) is 2.21. The van der Waals surface area contributed by atoms with E-state index in [1.54, 1.807) is 0 Å². The maximum atomic E-state index is 5.79. The summed E-state index contributed by atoms with van der Waals surface area (Å²) in [5.74, 6) is 7.21. The molecule has 1 saturated carbocycles. The van der Waals surface area contributed by atoms with Crippen LogP contribution in [0.2, 0.25) is 0 Å².